The van der Waals surface area contributed by atoms with Crippen LogP contribution in [0.25, 0.3) is 0 Å². The van der Waals surface area contributed by atoms with Crippen LogP contribution in [-0.2, 0) is 23.7 Å². The van der Waals surface area contributed by atoms with Crippen LogP contribution in [0.15, 0.2) is 0 Å². The predicted octanol–water partition coefficient (Wildman–Crippen LogP) is 8.17. The van der Waals surface area contributed by atoms with Gasteiger partial charge in [-0.1, -0.05) is 72.6 Å². The highest BCUT2D eigenvalue weighted by molar-refractivity contribution is 5.69. The van der Waals surface area contributed by atoms with Crippen molar-refractivity contribution in [1.82, 2.24) is 0 Å². The molecule has 0 aromatic carbocycles. The normalized spacial score (nSPS) is 35.2. The Morgan fingerprint density at radius 3 is 2.06 bits per heavy atom. The summed E-state index contributed by atoms with van der Waals surface area (Å²) in [5, 5.41) is 0. The Hall–Kier alpha value is -0.770. The quantitative estimate of drug-likeness (QED) is 0.0636. The monoisotopic (exact) mass is 720 g/mol. The van der Waals surface area contributed by atoms with Crippen LogP contribution in [0.2, 0.25) is 0 Å². The van der Waals surface area contributed by atoms with Gasteiger partial charge < -0.3 is 36.1 Å². The molecule has 51 heavy (non-hydrogen) atoms. The molecule has 4 aliphatic carbocycles. The molecule has 4 saturated carbocycles. The number of ether oxygens (including phenoxy) is 4. The Balaban J connectivity index is 1.43. The molecule has 0 aliphatic heterocycles. The van der Waals surface area contributed by atoms with Gasteiger partial charge in [0.15, 0.2) is 0 Å². The zero-order valence-corrected chi connectivity index (χ0v) is 33.6. The average molecular weight is 720 g/mol. The van der Waals surface area contributed by atoms with Gasteiger partial charge in [0.1, 0.15) is 0 Å². The number of esters is 1. The van der Waals surface area contributed by atoms with Crippen LogP contribution in [-0.4, -0.2) is 70.3 Å². The van der Waals surface area contributed by atoms with Gasteiger partial charge in [-0.2, -0.15) is 0 Å². The maximum Gasteiger partial charge on any atom is 0.305 e. The molecule has 0 saturated heterocycles. The fourth-order valence-electron chi connectivity index (χ4n) is 11.6. The summed E-state index contributed by atoms with van der Waals surface area (Å²) in [6.45, 7) is 14.6. The number of carbonyl (C=O) groups is 1. The molecular weight excluding hydrogens is 638 g/mol. The van der Waals surface area contributed by atoms with Gasteiger partial charge in [0.05, 0.1) is 24.9 Å². The summed E-state index contributed by atoms with van der Waals surface area (Å²) in [5.74, 6) is 3.12. The van der Waals surface area contributed by atoms with Gasteiger partial charge in [0.25, 0.3) is 0 Å². The number of hydrogen-bond acceptors (Lipinski definition) is 8. The molecule has 4 rings (SSSR count). The molecule has 0 spiro atoms. The molecule has 2 unspecified atom stereocenters. The molecule has 0 amide bonds. The van der Waals surface area contributed by atoms with E-state index in [0.717, 1.165) is 84.0 Å². The average Bonchev–Trinajstić information content (AvgIpc) is 3.48. The van der Waals surface area contributed by atoms with Crippen molar-refractivity contribution in [3.05, 3.63) is 0 Å². The van der Waals surface area contributed by atoms with Gasteiger partial charge >= 0.3 is 5.97 Å². The number of rotatable bonds is 25. The lowest BCUT2D eigenvalue weighted by Crippen LogP contribution is -2.63. The number of fused-ring (bicyclic) bond motifs is 5. The van der Waals surface area contributed by atoms with E-state index in [1.165, 1.54) is 57.8 Å². The van der Waals surface area contributed by atoms with Gasteiger partial charge in [-0.15, -0.1) is 0 Å². The van der Waals surface area contributed by atoms with Crippen LogP contribution in [0.3, 0.4) is 0 Å². The highest BCUT2D eigenvalue weighted by Crippen LogP contribution is 2.69. The van der Waals surface area contributed by atoms with E-state index >= 15 is 0 Å². The fourth-order valence-corrected chi connectivity index (χ4v) is 11.6. The third-order valence-corrected chi connectivity index (χ3v) is 14.6. The first-order valence-corrected chi connectivity index (χ1v) is 21.8. The summed E-state index contributed by atoms with van der Waals surface area (Å²) >= 11 is 0. The van der Waals surface area contributed by atoms with E-state index in [4.69, 9.17) is 36.1 Å². The van der Waals surface area contributed by atoms with Crippen molar-refractivity contribution in [2.75, 3.05) is 46.1 Å². The summed E-state index contributed by atoms with van der Waals surface area (Å²) in [6.07, 6.45) is 23.0. The summed E-state index contributed by atoms with van der Waals surface area (Å²) in [4.78, 5) is 12.9. The smallest absolute Gasteiger partial charge is 0.305 e. The summed E-state index contributed by atoms with van der Waals surface area (Å²) in [5.41, 5.74) is 18.0. The van der Waals surface area contributed by atoms with Crippen LogP contribution in [0.5, 0.6) is 0 Å². The lowest BCUT2D eigenvalue weighted by Gasteiger charge is -2.65. The Bertz CT molecular complexity index is 985. The van der Waals surface area contributed by atoms with E-state index in [1.54, 1.807) is 0 Å². The van der Waals surface area contributed by atoms with E-state index in [2.05, 4.69) is 27.7 Å². The van der Waals surface area contributed by atoms with Gasteiger partial charge in [-0.05, 0) is 138 Å². The highest BCUT2D eigenvalue weighted by Gasteiger charge is 2.66. The molecule has 0 bridgehead atoms. The molecule has 6 N–H and O–H groups in total. The second kappa shape index (κ2) is 21.9. The zero-order chi connectivity index (χ0) is 36.7. The molecule has 4 fully saturated rings. The van der Waals surface area contributed by atoms with Crippen molar-refractivity contribution in [1.29, 1.82) is 0 Å². The molecule has 8 heteroatoms. The molecule has 298 valence electrons. The van der Waals surface area contributed by atoms with Crippen LogP contribution in [0, 0.1) is 46.3 Å². The summed E-state index contributed by atoms with van der Waals surface area (Å²) < 4.78 is 26.0. The lowest BCUT2D eigenvalue weighted by atomic mass is 9.43. The zero-order valence-electron chi connectivity index (χ0n) is 33.6. The molecule has 4 aliphatic rings. The Kier molecular flexibility index (Phi) is 18.5. The SMILES string of the molecule is CCCCCCCCCCOC(=O)CCC(C)[C@H]1CC[C@H]2C3[C@H](OCCCN)C[C@@H]4C[C@H](OCCCN)CC[C@]4(C)[C@H]3C[C@H](OCCCN)[C@]12C. The Morgan fingerprint density at radius 2 is 1.37 bits per heavy atom. The second-order valence-electron chi connectivity index (χ2n) is 17.7. The summed E-state index contributed by atoms with van der Waals surface area (Å²) in [7, 11) is 0. The molecule has 11 atom stereocenters. The second-order valence-corrected chi connectivity index (χ2v) is 17.7. The van der Waals surface area contributed by atoms with Crippen molar-refractivity contribution in [2.24, 2.45) is 63.5 Å². The summed E-state index contributed by atoms with van der Waals surface area (Å²) in [6, 6.07) is 0. The minimum atomic E-state index is -0.0221. The van der Waals surface area contributed by atoms with Gasteiger partial charge in [0, 0.05) is 31.7 Å². The van der Waals surface area contributed by atoms with Crippen molar-refractivity contribution in [3.63, 3.8) is 0 Å². The van der Waals surface area contributed by atoms with E-state index in [1.807, 2.05) is 0 Å². The minimum Gasteiger partial charge on any atom is -0.466 e. The standard InChI is InChI=1S/C43H81N3O5/c1-5-6-7-8-9-10-11-12-25-51-40(47)19-16-32(2)35-17-18-36-41-37(31-39(43(35,36)4)50-28-15-24-46)42(3)21-20-34(48-26-13-22-44)29-33(42)30-38(41)49-27-14-23-45/h32-39,41H,5-31,44-46H2,1-4H3/t32?,33-,34+,35+,36-,37-,38+,39-,41?,42-,43+/m0/s1. The van der Waals surface area contributed by atoms with Crippen LogP contribution in [0.1, 0.15) is 156 Å². The minimum absolute atomic E-state index is 0.0221. The van der Waals surface area contributed by atoms with Crippen molar-refractivity contribution in [3.8, 4) is 0 Å². The van der Waals surface area contributed by atoms with Crippen LogP contribution in [0.4, 0.5) is 0 Å². The van der Waals surface area contributed by atoms with E-state index in [0.29, 0.717) is 74.3 Å². The lowest BCUT2D eigenvalue weighted by molar-refractivity contribution is -0.227. The van der Waals surface area contributed by atoms with Crippen LogP contribution < -0.4 is 17.2 Å². The fraction of sp³-hybridized carbons (Fsp3) is 0.977. The molecular formula is C43H81N3O5. The van der Waals surface area contributed by atoms with Gasteiger partial charge in [-0.3, -0.25) is 4.79 Å². The van der Waals surface area contributed by atoms with Gasteiger partial charge in [-0.25, -0.2) is 0 Å². The number of nitrogens with two attached hydrogens (primary N) is 3. The Morgan fingerprint density at radius 1 is 0.725 bits per heavy atom. The number of carbonyl (C=O) groups excluding carboxylic acids is 1. The first-order chi connectivity index (χ1) is 24.7. The maximum atomic E-state index is 12.9. The topological polar surface area (TPSA) is 132 Å². The molecule has 0 heterocycles. The number of hydrogen-bond donors (Lipinski definition) is 3. The first kappa shape index (κ1) is 43.0. The van der Waals surface area contributed by atoms with E-state index in [9.17, 15) is 4.79 Å². The first-order valence-electron chi connectivity index (χ1n) is 21.8. The van der Waals surface area contributed by atoms with Crippen molar-refractivity contribution < 1.29 is 23.7 Å². The maximum absolute atomic E-state index is 12.9. The third kappa shape index (κ3) is 11.2. The number of unbranched alkanes of at least 4 members (excludes halogenated alkanes) is 7. The van der Waals surface area contributed by atoms with Crippen molar-refractivity contribution in [2.45, 2.75) is 174 Å². The van der Waals surface area contributed by atoms with Crippen LogP contribution >= 0.6 is 0 Å². The molecule has 0 aromatic rings. The molecule has 0 radical (unpaired) electrons. The third-order valence-electron chi connectivity index (χ3n) is 14.6. The molecule has 8 nitrogen and oxygen atoms in total. The predicted molar refractivity (Wildman–Crippen MR) is 208 cm³/mol. The van der Waals surface area contributed by atoms with Gasteiger partial charge in [0.2, 0.25) is 0 Å². The molecule has 0 aromatic heterocycles. The van der Waals surface area contributed by atoms with E-state index < -0.39 is 0 Å². The highest BCUT2D eigenvalue weighted by atomic mass is 16.5. The van der Waals surface area contributed by atoms with E-state index in [-0.39, 0.29) is 29.0 Å². The Labute approximate surface area is 313 Å². The largest absolute Gasteiger partial charge is 0.466 e. The van der Waals surface area contributed by atoms with Crippen molar-refractivity contribution >= 4 is 5.97 Å².